The van der Waals surface area contributed by atoms with E-state index in [2.05, 4.69) is 31.9 Å². The fourth-order valence-electron chi connectivity index (χ4n) is 5.62. The van der Waals surface area contributed by atoms with E-state index in [0.717, 1.165) is 28.8 Å². The maximum absolute atomic E-state index is 14.7. The van der Waals surface area contributed by atoms with Crippen molar-refractivity contribution in [1.82, 2.24) is 26.4 Å². The number of carbonyl (C=O) groups excluding carboxylic acids is 2. The third-order valence-electron chi connectivity index (χ3n) is 7.90. The Morgan fingerprint density at radius 2 is 1.90 bits per heavy atom. The lowest BCUT2D eigenvalue weighted by atomic mass is 9.92. The van der Waals surface area contributed by atoms with Gasteiger partial charge < -0.3 is 10.2 Å². The molecule has 3 aliphatic heterocycles. The van der Waals surface area contributed by atoms with Crippen LogP contribution < -0.4 is 21.8 Å². The van der Waals surface area contributed by atoms with Crippen molar-refractivity contribution >= 4 is 40.5 Å². The minimum Gasteiger partial charge on any atom is -0.330 e. The first kappa shape index (κ1) is 27.8. The van der Waals surface area contributed by atoms with E-state index < -0.39 is 17.7 Å². The SMILES string of the molecule is C[C@@H]1CCC[C@H](N2CCC(c3c(F)ccc(Cl)c3F)=CC2=O)c2cc(ccn2)-c2cc(C3=NNNN3)ccc2NC1=O. The molecule has 0 unspecified atom stereocenters. The van der Waals surface area contributed by atoms with Gasteiger partial charge in [-0.2, -0.15) is 0 Å². The second-order valence-corrected chi connectivity index (χ2v) is 11.0. The second-order valence-electron chi connectivity index (χ2n) is 10.6. The molecule has 9 nitrogen and oxygen atoms in total. The molecule has 42 heavy (non-hydrogen) atoms. The van der Waals surface area contributed by atoms with Crippen molar-refractivity contribution in [2.24, 2.45) is 11.0 Å². The number of nitrogens with zero attached hydrogens (tertiary/aromatic N) is 3. The number of fused-ring (bicyclic) bond motifs is 4. The molecule has 2 amide bonds. The molecule has 0 saturated heterocycles. The molecule has 0 saturated carbocycles. The Morgan fingerprint density at radius 3 is 2.69 bits per heavy atom. The van der Waals surface area contributed by atoms with Crippen LogP contribution in [0.15, 0.2) is 59.8 Å². The standard InChI is InChI=1S/C30H28ClF2N7O2/c1-16-3-2-4-25(40-12-10-18(15-26(40)41)27-22(32)7-6-21(31)28(27)33)24-14-17(9-11-34-24)20-13-19(29-36-38-39-37-29)5-8-23(20)35-30(16)42/h5-9,11,13-16,25,38-39H,2-4,10,12H2,1H3,(H,35,42)(H,36,37)/t16-,25+/m1/s1. The number of halogens is 3. The fraction of sp³-hybridized carbons (Fsp3) is 0.267. The number of aromatic nitrogens is 1. The summed E-state index contributed by atoms with van der Waals surface area (Å²) in [4.78, 5) is 33.0. The number of hydrogen-bond acceptors (Lipinski definition) is 7. The van der Waals surface area contributed by atoms with Crippen LogP contribution in [0.2, 0.25) is 5.02 Å². The summed E-state index contributed by atoms with van der Waals surface area (Å²) in [6.07, 6.45) is 5.06. The number of anilines is 1. The smallest absolute Gasteiger partial charge is 0.247 e. The number of carbonyl (C=O) groups is 2. The Labute approximate surface area is 246 Å². The van der Waals surface area contributed by atoms with Crippen molar-refractivity contribution in [2.75, 3.05) is 11.9 Å². The molecule has 0 radical (unpaired) electrons. The lowest BCUT2D eigenvalue weighted by Crippen LogP contribution is -2.38. The van der Waals surface area contributed by atoms with Gasteiger partial charge in [0, 0.05) is 41.5 Å². The molecule has 3 aliphatic rings. The van der Waals surface area contributed by atoms with Crippen molar-refractivity contribution in [3.8, 4) is 11.1 Å². The van der Waals surface area contributed by atoms with E-state index in [4.69, 9.17) is 11.6 Å². The highest BCUT2D eigenvalue weighted by molar-refractivity contribution is 6.31. The number of hydrogen-bond donors (Lipinski definition) is 4. The Hall–Kier alpha value is -4.35. The maximum Gasteiger partial charge on any atom is 0.247 e. The molecular weight excluding hydrogens is 564 g/mol. The van der Waals surface area contributed by atoms with Gasteiger partial charge in [0.25, 0.3) is 0 Å². The monoisotopic (exact) mass is 591 g/mol. The zero-order chi connectivity index (χ0) is 29.4. The number of pyridine rings is 1. The molecule has 2 bridgehead atoms. The molecule has 0 fully saturated rings. The Morgan fingerprint density at radius 1 is 1.05 bits per heavy atom. The molecule has 4 N–H and O–H groups in total. The molecule has 6 rings (SSSR count). The van der Waals surface area contributed by atoms with Gasteiger partial charge in [-0.25, -0.2) is 14.3 Å². The third kappa shape index (κ3) is 5.33. The summed E-state index contributed by atoms with van der Waals surface area (Å²) in [6, 6.07) is 11.3. The quantitative estimate of drug-likeness (QED) is 0.317. The number of hydrazone groups is 1. The first-order valence-corrected chi connectivity index (χ1v) is 14.1. The minimum absolute atomic E-state index is 0.0951. The Kier molecular flexibility index (Phi) is 7.61. The van der Waals surface area contributed by atoms with Crippen molar-refractivity contribution in [3.63, 3.8) is 0 Å². The van der Waals surface area contributed by atoms with E-state index in [1.54, 1.807) is 11.1 Å². The van der Waals surface area contributed by atoms with Gasteiger partial charge in [0.1, 0.15) is 5.82 Å². The summed E-state index contributed by atoms with van der Waals surface area (Å²) in [5.74, 6) is -1.78. The summed E-state index contributed by atoms with van der Waals surface area (Å²) in [6.45, 7) is 2.13. The Bertz CT molecular complexity index is 1640. The Balaban J connectivity index is 1.39. The number of hydrazine groups is 2. The van der Waals surface area contributed by atoms with Crippen LogP contribution in [0.25, 0.3) is 16.7 Å². The highest BCUT2D eigenvalue weighted by atomic mass is 35.5. The van der Waals surface area contributed by atoms with E-state index in [9.17, 15) is 18.4 Å². The number of nitrogens with one attached hydrogen (secondary N) is 4. The first-order chi connectivity index (χ1) is 20.3. The topological polar surface area (TPSA) is 111 Å². The molecule has 216 valence electrons. The lowest BCUT2D eigenvalue weighted by Gasteiger charge is -2.34. The predicted octanol–water partition coefficient (Wildman–Crippen LogP) is 5.07. The highest BCUT2D eigenvalue weighted by Crippen LogP contribution is 2.37. The molecule has 4 heterocycles. The lowest BCUT2D eigenvalue weighted by molar-refractivity contribution is -0.129. The zero-order valence-electron chi connectivity index (χ0n) is 22.7. The highest BCUT2D eigenvalue weighted by Gasteiger charge is 2.31. The summed E-state index contributed by atoms with van der Waals surface area (Å²) < 4.78 is 29.3. The summed E-state index contributed by atoms with van der Waals surface area (Å²) in [7, 11) is 0. The van der Waals surface area contributed by atoms with Crippen LogP contribution in [0.3, 0.4) is 0 Å². The van der Waals surface area contributed by atoms with Crippen LogP contribution in [-0.4, -0.2) is 34.1 Å². The van der Waals surface area contributed by atoms with Crippen LogP contribution in [0.5, 0.6) is 0 Å². The summed E-state index contributed by atoms with van der Waals surface area (Å²) >= 11 is 5.90. The van der Waals surface area contributed by atoms with E-state index in [1.165, 1.54) is 6.08 Å². The second kappa shape index (κ2) is 11.5. The molecular formula is C30H28ClF2N7O2. The molecule has 0 aliphatic carbocycles. The predicted molar refractivity (Wildman–Crippen MR) is 156 cm³/mol. The largest absolute Gasteiger partial charge is 0.330 e. The van der Waals surface area contributed by atoms with Gasteiger partial charge in [-0.3, -0.25) is 20.0 Å². The van der Waals surface area contributed by atoms with Crippen LogP contribution >= 0.6 is 11.6 Å². The normalized spacial score (nSPS) is 20.7. The molecule has 3 aromatic rings. The van der Waals surface area contributed by atoms with Crippen molar-refractivity contribution in [1.29, 1.82) is 0 Å². The van der Waals surface area contributed by atoms with Crippen LogP contribution in [0.1, 0.15) is 55.5 Å². The zero-order valence-corrected chi connectivity index (χ0v) is 23.4. The minimum atomic E-state index is -0.875. The molecule has 2 aromatic carbocycles. The van der Waals surface area contributed by atoms with Crippen molar-refractivity contribution < 1.29 is 18.4 Å². The van der Waals surface area contributed by atoms with Gasteiger partial charge >= 0.3 is 0 Å². The average Bonchev–Trinajstić information content (AvgIpc) is 3.53. The van der Waals surface area contributed by atoms with Gasteiger partial charge in [0.15, 0.2) is 11.7 Å². The molecule has 0 spiro atoms. The van der Waals surface area contributed by atoms with Crippen LogP contribution in [-0.2, 0) is 9.59 Å². The van der Waals surface area contributed by atoms with E-state index in [0.29, 0.717) is 36.5 Å². The number of amides is 2. The van der Waals surface area contributed by atoms with E-state index in [-0.39, 0.29) is 46.9 Å². The first-order valence-electron chi connectivity index (χ1n) is 13.7. The molecule has 2 atom stereocenters. The van der Waals surface area contributed by atoms with Gasteiger partial charge in [-0.05, 0) is 72.9 Å². The average molecular weight is 592 g/mol. The van der Waals surface area contributed by atoms with Gasteiger partial charge in [0.2, 0.25) is 11.8 Å². The number of amidine groups is 1. The summed E-state index contributed by atoms with van der Waals surface area (Å²) in [5, 5.41) is 7.06. The van der Waals surface area contributed by atoms with Crippen molar-refractivity contribution in [3.05, 3.63) is 88.2 Å². The van der Waals surface area contributed by atoms with Gasteiger partial charge in [-0.15, -0.1) is 10.6 Å². The number of benzene rings is 2. The van der Waals surface area contributed by atoms with Gasteiger partial charge in [0.05, 0.1) is 22.3 Å². The molecule has 12 heteroatoms. The molecule has 1 aromatic heterocycles. The maximum atomic E-state index is 14.7. The third-order valence-corrected chi connectivity index (χ3v) is 8.19. The van der Waals surface area contributed by atoms with Crippen LogP contribution in [0, 0.1) is 17.6 Å². The fourth-order valence-corrected chi connectivity index (χ4v) is 5.78. The van der Waals surface area contributed by atoms with Crippen molar-refractivity contribution in [2.45, 2.75) is 38.6 Å². The van der Waals surface area contributed by atoms with Crippen LogP contribution in [0.4, 0.5) is 14.5 Å². The van der Waals surface area contributed by atoms with E-state index >= 15 is 0 Å². The van der Waals surface area contributed by atoms with Gasteiger partial charge in [-0.1, -0.05) is 24.9 Å². The number of rotatable bonds is 3. The summed E-state index contributed by atoms with van der Waals surface area (Å²) in [5.41, 5.74) is 12.0. The van der Waals surface area contributed by atoms with E-state index in [1.807, 2.05) is 37.3 Å².